The molecular formula is C16H21FN2OS. The van der Waals surface area contributed by atoms with Gasteiger partial charge in [0.2, 0.25) is 0 Å². The van der Waals surface area contributed by atoms with E-state index < -0.39 is 0 Å². The minimum atomic E-state index is -0.204. The van der Waals surface area contributed by atoms with Gasteiger partial charge in [0.05, 0.1) is 24.4 Å². The van der Waals surface area contributed by atoms with E-state index in [0.717, 1.165) is 30.8 Å². The molecule has 3 nitrogen and oxygen atoms in total. The van der Waals surface area contributed by atoms with Crippen LogP contribution in [-0.2, 0) is 24.3 Å². The van der Waals surface area contributed by atoms with E-state index in [1.807, 2.05) is 24.6 Å². The number of hydrogen-bond donors (Lipinski definition) is 1. The lowest BCUT2D eigenvalue weighted by molar-refractivity contribution is 0.121. The van der Waals surface area contributed by atoms with Gasteiger partial charge in [0.15, 0.2) is 0 Å². The zero-order chi connectivity index (χ0) is 15.1. The summed E-state index contributed by atoms with van der Waals surface area (Å²) in [4.78, 5) is 5.44. The second-order valence-electron chi connectivity index (χ2n) is 4.87. The highest BCUT2D eigenvalue weighted by Crippen LogP contribution is 2.15. The van der Waals surface area contributed by atoms with Gasteiger partial charge in [-0.1, -0.05) is 13.0 Å². The van der Waals surface area contributed by atoms with Gasteiger partial charge in [-0.25, -0.2) is 9.37 Å². The summed E-state index contributed by atoms with van der Waals surface area (Å²) in [5.74, 6) is -0.204. The van der Waals surface area contributed by atoms with E-state index in [0.29, 0.717) is 18.8 Å². The molecule has 0 bridgehead atoms. The minimum absolute atomic E-state index is 0.204. The number of nitrogens with one attached hydrogen (secondary N) is 1. The summed E-state index contributed by atoms with van der Waals surface area (Å²) in [6, 6.07) is 5.19. The molecule has 0 atom stereocenters. The minimum Gasteiger partial charge on any atom is -0.376 e. The van der Waals surface area contributed by atoms with Crippen LogP contribution in [0.5, 0.6) is 0 Å². The molecule has 0 radical (unpaired) electrons. The van der Waals surface area contributed by atoms with Crippen molar-refractivity contribution in [3.8, 4) is 0 Å². The van der Waals surface area contributed by atoms with Crippen LogP contribution in [0.25, 0.3) is 0 Å². The lowest BCUT2D eigenvalue weighted by Gasteiger charge is -2.08. The lowest BCUT2D eigenvalue weighted by Crippen LogP contribution is -2.12. The first kappa shape index (κ1) is 16.1. The Bertz CT molecular complexity index is 571. The molecule has 0 aliphatic rings. The third kappa shape index (κ3) is 4.88. The van der Waals surface area contributed by atoms with Crippen molar-refractivity contribution in [1.82, 2.24) is 10.3 Å². The maximum absolute atomic E-state index is 13.7. The third-order valence-electron chi connectivity index (χ3n) is 3.27. The average molecular weight is 308 g/mol. The van der Waals surface area contributed by atoms with E-state index in [-0.39, 0.29) is 5.82 Å². The van der Waals surface area contributed by atoms with E-state index in [1.54, 1.807) is 11.3 Å². The maximum atomic E-state index is 13.7. The number of rotatable bonds is 8. The van der Waals surface area contributed by atoms with Gasteiger partial charge in [0, 0.05) is 23.4 Å². The fourth-order valence-corrected chi connectivity index (χ4v) is 2.79. The normalized spacial score (nSPS) is 11.0. The molecule has 1 aromatic carbocycles. The van der Waals surface area contributed by atoms with Gasteiger partial charge in [0.1, 0.15) is 5.82 Å². The molecule has 0 spiro atoms. The van der Waals surface area contributed by atoms with Crippen LogP contribution in [0, 0.1) is 12.7 Å². The molecule has 1 N–H and O–H groups in total. The first-order valence-electron chi connectivity index (χ1n) is 7.15. The average Bonchev–Trinajstić information content (AvgIpc) is 2.89. The van der Waals surface area contributed by atoms with Crippen LogP contribution >= 0.6 is 11.3 Å². The Balaban J connectivity index is 1.83. The monoisotopic (exact) mass is 308 g/mol. The molecule has 1 aromatic heterocycles. The zero-order valence-corrected chi connectivity index (χ0v) is 13.3. The number of halogens is 1. The zero-order valence-electron chi connectivity index (χ0n) is 12.5. The molecule has 0 saturated carbocycles. The summed E-state index contributed by atoms with van der Waals surface area (Å²) in [6.07, 6.45) is 0.829. The van der Waals surface area contributed by atoms with E-state index in [1.165, 1.54) is 10.9 Å². The van der Waals surface area contributed by atoms with Crippen LogP contribution in [0.1, 0.15) is 28.6 Å². The number of hydrogen-bond acceptors (Lipinski definition) is 4. The van der Waals surface area contributed by atoms with Crippen LogP contribution in [-0.4, -0.2) is 18.1 Å². The van der Waals surface area contributed by atoms with Gasteiger partial charge in [-0.3, -0.25) is 0 Å². The van der Waals surface area contributed by atoms with Crippen molar-refractivity contribution in [2.45, 2.75) is 33.4 Å². The fourth-order valence-electron chi connectivity index (χ4n) is 2.03. The molecule has 5 heteroatoms. The Morgan fingerprint density at radius 2 is 2.24 bits per heavy atom. The van der Waals surface area contributed by atoms with Crippen LogP contribution in [0.4, 0.5) is 4.39 Å². The van der Waals surface area contributed by atoms with Gasteiger partial charge in [-0.15, -0.1) is 11.3 Å². The number of ether oxygens (including phenoxy) is 1. The van der Waals surface area contributed by atoms with E-state index in [9.17, 15) is 4.39 Å². The Hall–Kier alpha value is -1.30. The quantitative estimate of drug-likeness (QED) is 0.758. The predicted octanol–water partition coefficient (Wildman–Crippen LogP) is 3.46. The molecule has 2 rings (SSSR count). The molecule has 21 heavy (non-hydrogen) atoms. The molecule has 0 aliphatic carbocycles. The van der Waals surface area contributed by atoms with Gasteiger partial charge in [-0.2, -0.15) is 0 Å². The second-order valence-corrected chi connectivity index (χ2v) is 5.81. The van der Waals surface area contributed by atoms with Crippen LogP contribution < -0.4 is 5.32 Å². The van der Waals surface area contributed by atoms with Crippen LogP contribution in [0.3, 0.4) is 0 Å². The van der Waals surface area contributed by atoms with Crippen molar-refractivity contribution in [3.05, 3.63) is 51.2 Å². The topological polar surface area (TPSA) is 34.1 Å². The first-order chi connectivity index (χ1) is 10.2. The second kappa shape index (κ2) is 8.22. The molecule has 0 amide bonds. The van der Waals surface area contributed by atoms with Gasteiger partial charge in [-0.05, 0) is 31.2 Å². The van der Waals surface area contributed by atoms with Gasteiger partial charge in [0.25, 0.3) is 0 Å². The van der Waals surface area contributed by atoms with Crippen molar-refractivity contribution in [3.63, 3.8) is 0 Å². The Morgan fingerprint density at radius 3 is 2.95 bits per heavy atom. The number of benzene rings is 1. The molecule has 2 aromatic rings. The summed E-state index contributed by atoms with van der Waals surface area (Å²) in [7, 11) is 0. The number of aryl methyl sites for hydroxylation is 1. The van der Waals surface area contributed by atoms with Crippen LogP contribution in [0.15, 0.2) is 23.7 Å². The Morgan fingerprint density at radius 1 is 1.38 bits per heavy atom. The van der Waals surface area contributed by atoms with E-state index in [4.69, 9.17) is 4.74 Å². The van der Waals surface area contributed by atoms with Crippen LogP contribution in [0.2, 0.25) is 0 Å². The van der Waals surface area contributed by atoms with Crippen molar-refractivity contribution in [2.24, 2.45) is 0 Å². The van der Waals surface area contributed by atoms with E-state index in [2.05, 4.69) is 17.2 Å². The Kier molecular flexibility index (Phi) is 6.29. The smallest absolute Gasteiger partial charge is 0.128 e. The SMILES string of the molecule is CCNCc1ccc(F)c(COCCc2scnc2C)c1. The van der Waals surface area contributed by atoms with Crippen molar-refractivity contribution in [1.29, 1.82) is 0 Å². The molecule has 0 aliphatic heterocycles. The third-order valence-corrected chi connectivity index (χ3v) is 4.26. The largest absolute Gasteiger partial charge is 0.376 e. The number of thiazole rings is 1. The summed E-state index contributed by atoms with van der Waals surface area (Å²) in [5, 5.41) is 3.23. The van der Waals surface area contributed by atoms with Crippen molar-refractivity contribution >= 4 is 11.3 Å². The standard InChI is InChI=1S/C16H21FN2OS/c1-3-18-9-13-4-5-15(17)14(8-13)10-20-7-6-16-12(2)19-11-21-16/h4-5,8,11,18H,3,6-7,9-10H2,1-2H3. The van der Waals surface area contributed by atoms with Gasteiger partial charge >= 0.3 is 0 Å². The Labute approximate surface area is 129 Å². The highest BCUT2D eigenvalue weighted by Gasteiger charge is 2.05. The molecule has 114 valence electrons. The van der Waals surface area contributed by atoms with E-state index >= 15 is 0 Å². The molecule has 1 heterocycles. The van der Waals surface area contributed by atoms with Gasteiger partial charge < -0.3 is 10.1 Å². The molecule has 0 saturated heterocycles. The summed E-state index contributed by atoms with van der Waals surface area (Å²) in [6.45, 7) is 6.59. The maximum Gasteiger partial charge on any atom is 0.128 e. The molecule has 0 unspecified atom stereocenters. The fraction of sp³-hybridized carbons (Fsp3) is 0.438. The summed E-state index contributed by atoms with van der Waals surface area (Å²) in [5.41, 5.74) is 4.60. The molecule has 0 fully saturated rings. The number of aromatic nitrogens is 1. The highest BCUT2D eigenvalue weighted by molar-refractivity contribution is 7.09. The highest BCUT2D eigenvalue weighted by atomic mass is 32.1. The number of nitrogens with zero attached hydrogens (tertiary/aromatic N) is 1. The molecular weight excluding hydrogens is 287 g/mol. The van der Waals surface area contributed by atoms with Crippen molar-refractivity contribution in [2.75, 3.05) is 13.2 Å². The summed E-state index contributed by atoms with van der Waals surface area (Å²) >= 11 is 1.64. The van der Waals surface area contributed by atoms with Crippen molar-refractivity contribution < 1.29 is 9.13 Å². The summed E-state index contributed by atoms with van der Waals surface area (Å²) < 4.78 is 19.4. The predicted molar refractivity (Wildman–Crippen MR) is 84.0 cm³/mol. The first-order valence-corrected chi connectivity index (χ1v) is 8.03. The lowest BCUT2D eigenvalue weighted by atomic mass is 10.1.